The number of carbonyl (C=O) groups excluding carboxylic acids is 1. The van der Waals surface area contributed by atoms with Crippen LogP contribution in [-0.4, -0.2) is 43.9 Å². The van der Waals surface area contributed by atoms with Crippen molar-refractivity contribution in [3.8, 4) is 0 Å². The predicted molar refractivity (Wildman–Crippen MR) is 44.3 cm³/mol. The summed E-state index contributed by atoms with van der Waals surface area (Å²) in [7, 11) is -4.49. The van der Waals surface area contributed by atoms with E-state index < -0.39 is 29.1 Å². The molecule has 7 nitrogen and oxygen atoms in total. The first-order valence-corrected chi connectivity index (χ1v) is 4.78. The standard InChI is InChI=1S/C6H10O7S/c1-2-3-12-14(10,11)13-6(9)5(8)4-7/h2,5,7-8H,1,3-4H2. The first-order valence-electron chi connectivity index (χ1n) is 3.45. The van der Waals surface area contributed by atoms with Crippen LogP contribution in [0.4, 0.5) is 0 Å². The van der Waals surface area contributed by atoms with Crippen molar-refractivity contribution in [2.75, 3.05) is 13.2 Å². The summed E-state index contributed by atoms with van der Waals surface area (Å²) in [5.74, 6) is -1.50. The van der Waals surface area contributed by atoms with Crippen LogP contribution in [0.2, 0.25) is 0 Å². The van der Waals surface area contributed by atoms with E-state index in [9.17, 15) is 13.2 Å². The summed E-state index contributed by atoms with van der Waals surface area (Å²) in [6.45, 7) is 1.88. The van der Waals surface area contributed by atoms with Gasteiger partial charge in [-0.25, -0.2) is 8.98 Å². The molecule has 1 atom stereocenters. The maximum atomic E-state index is 10.7. The summed E-state index contributed by atoms with van der Waals surface area (Å²) in [5, 5.41) is 16.9. The van der Waals surface area contributed by atoms with Crippen molar-refractivity contribution in [3.05, 3.63) is 12.7 Å². The van der Waals surface area contributed by atoms with Gasteiger partial charge in [-0.1, -0.05) is 6.08 Å². The van der Waals surface area contributed by atoms with Crippen molar-refractivity contribution < 1.29 is 31.8 Å². The van der Waals surface area contributed by atoms with Gasteiger partial charge < -0.3 is 14.4 Å². The molecular formula is C6H10O7S. The maximum absolute atomic E-state index is 10.7. The van der Waals surface area contributed by atoms with Crippen LogP contribution < -0.4 is 0 Å². The third-order valence-corrected chi connectivity index (χ3v) is 1.75. The monoisotopic (exact) mass is 226 g/mol. The molecule has 0 aliphatic carbocycles. The second-order valence-corrected chi connectivity index (χ2v) is 3.30. The van der Waals surface area contributed by atoms with Crippen molar-refractivity contribution in [2.24, 2.45) is 0 Å². The van der Waals surface area contributed by atoms with E-state index in [0.717, 1.165) is 6.08 Å². The number of hydrogen-bond acceptors (Lipinski definition) is 7. The van der Waals surface area contributed by atoms with E-state index in [4.69, 9.17) is 10.2 Å². The smallest absolute Gasteiger partial charge is 0.393 e. The number of aliphatic hydroxyl groups excluding tert-OH is 2. The molecule has 8 heteroatoms. The highest BCUT2D eigenvalue weighted by Crippen LogP contribution is 1.99. The quantitative estimate of drug-likeness (QED) is 0.521. The Kier molecular flexibility index (Phi) is 5.31. The second-order valence-electron chi connectivity index (χ2n) is 2.08. The lowest BCUT2D eigenvalue weighted by Gasteiger charge is -2.06. The number of carbonyl (C=O) groups is 1. The van der Waals surface area contributed by atoms with Crippen LogP contribution in [0.1, 0.15) is 0 Å². The van der Waals surface area contributed by atoms with Gasteiger partial charge in [0.15, 0.2) is 6.10 Å². The minimum Gasteiger partial charge on any atom is -0.393 e. The first kappa shape index (κ1) is 13.0. The van der Waals surface area contributed by atoms with E-state index in [-0.39, 0.29) is 6.61 Å². The van der Waals surface area contributed by atoms with Crippen LogP contribution in [0.15, 0.2) is 12.7 Å². The highest BCUT2D eigenvalue weighted by Gasteiger charge is 2.23. The van der Waals surface area contributed by atoms with Crippen molar-refractivity contribution in [2.45, 2.75) is 6.10 Å². The lowest BCUT2D eigenvalue weighted by molar-refractivity contribution is -0.145. The molecule has 0 rings (SSSR count). The van der Waals surface area contributed by atoms with Gasteiger partial charge in [0, 0.05) is 0 Å². The summed E-state index contributed by atoms with van der Waals surface area (Å²) in [5.41, 5.74) is 0. The van der Waals surface area contributed by atoms with E-state index in [1.165, 1.54) is 0 Å². The Labute approximate surface area is 80.9 Å². The molecule has 0 spiro atoms. The van der Waals surface area contributed by atoms with E-state index >= 15 is 0 Å². The molecule has 0 saturated heterocycles. The normalized spacial score (nSPS) is 13.3. The third-order valence-electron chi connectivity index (χ3n) is 0.959. The van der Waals surface area contributed by atoms with Gasteiger partial charge in [-0.2, -0.15) is 8.42 Å². The van der Waals surface area contributed by atoms with Gasteiger partial charge in [0.05, 0.1) is 13.2 Å². The van der Waals surface area contributed by atoms with Crippen molar-refractivity contribution >= 4 is 16.4 Å². The molecule has 2 N–H and O–H groups in total. The largest absolute Gasteiger partial charge is 0.451 e. The minimum atomic E-state index is -4.49. The predicted octanol–water partition coefficient (Wildman–Crippen LogP) is -1.67. The molecule has 0 aromatic heterocycles. The Morgan fingerprint density at radius 2 is 2.14 bits per heavy atom. The zero-order valence-electron chi connectivity index (χ0n) is 7.12. The van der Waals surface area contributed by atoms with Gasteiger partial charge in [-0.3, -0.25) is 0 Å². The van der Waals surface area contributed by atoms with Gasteiger partial charge >= 0.3 is 16.4 Å². The topological polar surface area (TPSA) is 110 Å². The third kappa shape index (κ3) is 4.92. The van der Waals surface area contributed by atoms with Crippen molar-refractivity contribution in [3.63, 3.8) is 0 Å². The molecule has 0 fully saturated rings. The zero-order valence-corrected chi connectivity index (χ0v) is 7.94. The first-order chi connectivity index (χ1) is 6.43. The highest BCUT2D eigenvalue weighted by molar-refractivity contribution is 7.82. The van der Waals surface area contributed by atoms with Gasteiger partial charge in [0.2, 0.25) is 0 Å². The van der Waals surface area contributed by atoms with Crippen LogP contribution in [-0.2, 0) is 23.6 Å². The Morgan fingerprint density at radius 1 is 1.57 bits per heavy atom. The molecule has 0 aliphatic heterocycles. The second kappa shape index (κ2) is 5.70. The fourth-order valence-electron chi connectivity index (χ4n) is 0.386. The number of rotatable bonds is 6. The lowest BCUT2D eigenvalue weighted by Crippen LogP contribution is -2.29. The summed E-state index contributed by atoms with van der Waals surface area (Å²) in [6, 6.07) is 0. The Bertz CT molecular complexity index is 293. The molecule has 0 saturated carbocycles. The summed E-state index contributed by atoms with van der Waals surface area (Å²) in [4.78, 5) is 10.6. The van der Waals surface area contributed by atoms with Gasteiger partial charge in [-0.05, 0) is 0 Å². The average molecular weight is 226 g/mol. The zero-order chi connectivity index (χ0) is 11.2. The molecule has 0 aliphatic rings. The molecular weight excluding hydrogens is 216 g/mol. The average Bonchev–Trinajstić information content (AvgIpc) is 2.12. The van der Waals surface area contributed by atoms with Gasteiger partial charge in [0.1, 0.15) is 0 Å². The molecule has 14 heavy (non-hydrogen) atoms. The highest BCUT2D eigenvalue weighted by atomic mass is 32.3. The van der Waals surface area contributed by atoms with Gasteiger partial charge in [-0.15, -0.1) is 6.58 Å². The van der Waals surface area contributed by atoms with Crippen molar-refractivity contribution in [1.29, 1.82) is 0 Å². The van der Waals surface area contributed by atoms with Crippen LogP contribution in [0.3, 0.4) is 0 Å². The van der Waals surface area contributed by atoms with Crippen LogP contribution in [0.25, 0.3) is 0 Å². The molecule has 0 bridgehead atoms. The summed E-state index contributed by atoms with van der Waals surface area (Å²) >= 11 is 0. The van der Waals surface area contributed by atoms with Crippen LogP contribution in [0.5, 0.6) is 0 Å². The van der Waals surface area contributed by atoms with E-state index in [2.05, 4.69) is 14.9 Å². The Balaban J connectivity index is 4.22. The molecule has 0 aromatic rings. The molecule has 0 heterocycles. The maximum Gasteiger partial charge on any atom is 0.451 e. The molecule has 82 valence electrons. The summed E-state index contributed by atoms with van der Waals surface area (Å²) < 4.78 is 29.2. The Morgan fingerprint density at radius 3 is 2.57 bits per heavy atom. The van der Waals surface area contributed by atoms with Crippen molar-refractivity contribution in [1.82, 2.24) is 0 Å². The van der Waals surface area contributed by atoms with E-state index in [1.807, 2.05) is 0 Å². The molecule has 0 amide bonds. The Hall–Kier alpha value is -0.960. The lowest BCUT2D eigenvalue weighted by atomic mass is 10.4. The number of hydrogen-bond donors (Lipinski definition) is 2. The van der Waals surface area contributed by atoms with E-state index in [1.54, 1.807) is 0 Å². The molecule has 0 aromatic carbocycles. The fourth-order valence-corrected chi connectivity index (χ4v) is 1.01. The van der Waals surface area contributed by atoms with Crippen LogP contribution in [0, 0.1) is 0 Å². The molecule has 0 radical (unpaired) electrons. The fraction of sp³-hybridized carbons (Fsp3) is 0.500. The number of aliphatic hydroxyl groups is 2. The molecule has 1 unspecified atom stereocenters. The van der Waals surface area contributed by atoms with E-state index in [0.29, 0.717) is 0 Å². The minimum absolute atomic E-state index is 0.356. The van der Waals surface area contributed by atoms with Crippen LogP contribution >= 0.6 is 0 Å². The summed E-state index contributed by atoms with van der Waals surface area (Å²) in [6.07, 6.45) is -0.773. The van der Waals surface area contributed by atoms with Gasteiger partial charge in [0.25, 0.3) is 0 Å². The SMILES string of the molecule is C=CCOS(=O)(=O)OC(=O)C(O)CO.